The predicted octanol–water partition coefficient (Wildman–Crippen LogP) is 3.00. The smallest absolute Gasteiger partial charge is 0.367 e. The fraction of sp³-hybridized carbons (Fsp3) is 0.429. The Balaban J connectivity index is 2.84. The summed E-state index contributed by atoms with van der Waals surface area (Å²) in [4.78, 5) is 0.185. The Kier molecular flexibility index (Phi) is 2.74. The van der Waals surface area contributed by atoms with Crippen LogP contribution < -0.4 is 0 Å². The van der Waals surface area contributed by atoms with E-state index in [1.807, 2.05) is 0 Å². The average Bonchev–Trinajstić information content (AvgIpc) is 2.38. The maximum Gasteiger partial charge on any atom is 0.419 e. The summed E-state index contributed by atoms with van der Waals surface area (Å²) in [6.07, 6.45) is -6.10. The Morgan fingerprint density at radius 1 is 1.50 bits per heavy atom. The fourth-order valence-electron chi connectivity index (χ4n) is 0.852. The van der Waals surface area contributed by atoms with Crippen LogP contribution in [0.15, 0.2) is 17.5 Å². The highest BCUT2D eigenvalue weighted by atomic mass is 32.1. The SMILES string of the molecule is COC(c1cccs1)C(F)(F)F. The molecule has 1 aromatic rings. The first kappa shape index (κ1) is 9.54. The Bertz CT molecular complexity index is 229. The normalized spacial score (nSPS) is 14.7. The molecule has 0 aromatic carbocycles. The van der Waals surface area contributed by atoms with E-state index in [-0.39, 0.29) is 4.88 Å². The zero-order valence-electron chi connectivity index (χ0n) is 6.26. The second-order valence-electron chi connectivity index (χ2n) is 2.17. The molecule has 1 rings (SSSR count). The minimum atomic E-state index is -4.32. The van der Waals surface area contributed by atoms with Gasteiger partial charge < -0.3 is 4.74 Å². The minimum absolute atomic E-state index is 0.185. The first-order valence-electron chi connectivity index (χ1n) is 3.18. The van der Waals surface area contributed by atoms with Gasteiger partial charge in [0.2, 0.25) is 0 Å². The van der Waals surface area contributed by atoms with Gasteiger partial charge in [-0.1, -0.05) is 6.07 Å². The Morgan fingerprint density at radius 2 is 2.17 bits per heavy atom. The van der Waals surface area contributed by atoms with Crippen molar-refractivity contribution < 1.29 is 17.9 Å². The first-order valence-corrected chi connectivity index (χ1v) is 4.06. The maximum atomic E-state index is 12.2. The predicted molar refractivity (Wildman–Crippen MR) is 40.1 cm³/mol. The van der Waals surface area contributed by atoms with E-state index in [0.717, 1.165) is 18.4 Å². The van der Waals surface area contributed by atoms with Gasteiger partial charge in [0.1, 0.15) is 0 Å². The molecule has 5 heteroatoms. The Morgan fingerprint density at radius 3 is 2.50 bits per heavy atom. The highest BCUT2D eigenvalue weighted by molar-refractivity contribution is 7.10. The van der Waals surface area contributed by atoms with Crippen LogP contribution in [0, 0.1) is 0 Å². The number of rotatable bonds is 2. The van der Waals surface area contributed by atoms with Crippen molar-refractivity contribution in [3.63, 3.8) is 0 Å². The van der Waals surface area contributed by atoms with Crippen molar-refractivity contribution in [2.45, 2.75) is 12.3 Å². The van der Waals surface area contributed by atoms with Gasteiger partial charge in [-0.15, -0.1) is 11.3 Å². The summed E-state index contributed by atoms with van der Waals surface area (Å²) in [6, 6.07) is 2.98. The van der Waals surface area contributed by atoms with Crippen molar-refractivity contribution in [1.82, 2.24) is 0 Å². The van der Waals surface area contributed by atoms with Crippen molar-refractivity contribution >= 4 is 11.3 Å². The van der Waals surface area contributed by atoms with Crippen LogP contribution in [0.4, 0.5) is 13.2 Å². The number of hydrogen-bond donors (Lipinski definition) is 0. The van der Waals surface area contributed by atoms with Crippen LogP contribution in [0.25, 0.3) is 0 Å². The number of methoxy groups -OCH3 is 1. The number of thiophene rings is 1. The van der Waals surface area contributed by atoms with Crippen LogP contribution in [0.3, 0.4) is 0 Å². The fourth-order valence-corrected chi connectivity index (χ4v) is 1.68. The van der Waals surface area contributed by atoms with Gasteiger partial charge in [0.25, 0.3) is 0 Å². The molecule has 1 atom stereocenters. The minimum Gasteiger partial charge on any atom is -0.367 e. The molecular formula is C7H7F3OS. The lowest BCUT2D eigenvalue weighted by molar-refractivity contribution is -0.214. The molecule has 68 valence electrons. The van der Waals surface area contributed by atoms with Gasteiger partial charge in [-0.3, -0.25) is 0 Å². The van der Waals surface area contributed by atoms with Crippen LogP contribution in [0.1, 0.15) is 11.0 Å². The van der Waals surface area contributed by atoms with Gasteiger partial charge in [0.15, 0.2) is 6.10 Å². The van der Waals surface area contributed by atoms with Gasteiger partial charge in [-0.25, -0.2) is 0 Å². The lowest BCUT2D eigenvalue weighted by Crippen LogP contribution is -2.21. The van der Waals surface area contributed by atoms with Crippen LogP contribution in [0.5, 0.6) is 0 Å². The molecule has 1 unspecified atom stereocenters. The molecule has 0 aliphatic carbocycles. The maximum absolute atomic E-state index is 12.2. The molecule has 1 aromatic heterocycles. The summed E-state index contributed by atoms with van der Waals surface area (Å²) >= 11 is 1.04. The monoisotopic (exact) mass is 196 g/mol. The topological polar surface area (TPSA) is 9.23 Å². The van der Waals surface area contributed by atoms with E-state index in [1.165, 1.54) is 6.07 Å². The third-order valence-corrected chi connectivity index (χ3v) is 2.25. The third kappa shape index (κ3) is 1.98. The first-order chi connectivity index (χ1) is 5.55. The molecule has 1 nitrogen and oxygen atoms in total. The summed E-state index contributed by atoms with van der Waals surface area (Å²) in [7, 11) is 1.05. The van der Waals surface area contributed by atoms with Gasteiger partial charge >= 0.3 is 6.18 Å². The summed E-state index contributed by atoms with van der Waals surface area (Å²) in [5.41, 5.74) is 0. The highest BCUT2D eigenvalue weighted by Crippen LogP contribution is 2.37. The molecule has 0 fully saturated rings. The van der Waals surface area contributed by atoms with Crippen molar-refractivity contribution in [3.05, 3.63) is 22.4 Å². The summed E-state index contributed by atoms with van der Waals surface area (Å²) in [5, 5.41) is 1.59. The quantitative estimate of drug-likeness (QED) is 0.706. The molecule has 0 aliphatic rings. The highest BCUT2D eigenvalue weighted by Gasteiger charge is 2.41. The average molecular weight is 196 g/mol. The number of ether oxygens (including phenoxy) is 1. The van der Waals surface area contributed by atoms with E-state index >= 15 is 0 Å². The van der Waals surface area contributed by atoms with Crippen molar-refractivity contribution in [1.29, 1.82) is 0 Å². The number of hydrogen-bond acceptors (Lipinski definition) is 2. The second-order valence-corrected chi connectivity index (χ2v) is 3.15. The van der Waals surface area contributed by atoms with E-state index in [4.69, 9.17) is 0 Å². The summed E-state index contributed by atoms with van der Waals surface area (Å²) < 4.78 is 40.8. The molecule has 0 amide bonds. The van der Waals surface area contributed by atoms with E-state index in [0.29, 0.717) is 0 Å². The molecule has 0 spiro atoms. The molecule has 0 radical (unpaired) electrons. The van der Waals surface area contributed by atoms with Crippen molar-refractivity contribution in [2.24, 2.45) is 0 Å². The van der Waals surface area contributed by atoms with Gasteiger partial charge in [0, 0.05) is 12.0 Å². The Hall–Kier alpha value is -0.550. The molecule has 0 saturated carbocycles. The molecule has 0 saturated heterocycles. The molecular weight excluding hydrogens is 189 g/mol. The molecule has 0 N–H and O–H groups in total. The van der Waals surface area contributed by atoms with Crippen LogP contribution in [-0.2, 0) is 4.74 Å². The molecule has 1 heterocycles. The second kappa shape index (κ2) is 3.45. The van der Waals surface area contributed by atoms with E-state index in [2.05, 4.69) is 4.74 Å². The van der Waals surface area contributed by atoms with E-state index < -0.39 is 12.3 Å². The van der Waals surface area contributed by atoms with E-state index in [9.17, 15) is 13.2 Å². The third-order valence-electron chi connectivity index (χ3n) is 1.33. The van der Waals surface area contributed by atoms with Crippen LogP contribution in [0.2, 0.25) is 0 Å². The zero-order valence-corrected chi connectivity index (χ0v) is 7.08. The molecule has 0 bridgehead atoms. The van der Waals surface area contributed by atoms with Gasteiger partial charge in [-0.05, 0) is 11.4 Å². The Labute approximate surface area is 71.8 Å². The van der Waals surface area contributed by atoms with Crippen molar-refractivity contribution in [3.8, 4) is 0 Å². The van der Waals surface area contributed by atoms with Gasteiger partial charge in [0.05, 0.1) is 0 Å². The van der Waals surface area contributed by atoms with E-state index in [1.54, 1.807) is 11.4 Å². The summed E-state index contributed by atoms with van der Waals surface area (Å²) in [6.45, 7) is 0. The lowest BCUT2D eigenvalue weighted by Gasteiger charge is -2.16. The number of alkyl halides is 3. The standard InChI is InChI=1S/C7H7F3OS/c1-11-6(7(8,9)10)5-3-2-4-12-5/h2-4,6H,1H3. The summed E-state index contributed by atoms with van der Waals surface area (Å²) in [5.74, 6) is 0. The van der Waals surface area contributed by atoms with Gasteiger partial charge in [-0.2, -0.15) is 13.2 Å². The zero-order chi connectivity index (χ0) is 9.19. The van der Waals surface area contributed by atoms with Crippen molar-refractivity contribution in [2.75, 3.05) is 7.11 Å². The van der Waals surface area contributed by atoms with Crippen LogP contribution >= 0.6 is 11.3 Å². The molecule has 12 heavy (non-hydrogen) atoms. The van der Waals surface area contributed by atoms with Crippen LogP contribution in [-0.4, -0.2) is 13.3 Å². The molecule has 0 aliphatic heterocycles. The number of halogens is 3. The lowest BCUT2D eigenvalue weighted by atomic mass is 10.3. The largest absolute Gasteiger partial charge is 0.419 e.